The Hall–Kier alpha value is -0.390. The van der Waals surface area contributed by atoms with Crippen LogP contribution in [0.2, 0.25) is 0 Å². The minimum absolute atomic E-state index is 0.0432. The topological polar surface area (TPSA) is 49.3 Å². The molecule has 0 saturated heterocycles. The van der Waals surface area contributed by atoms with Crippen LogP contribution in [0.1, 0.15) is 30.1 Å². The van der Waals surface area contributed by atoms with Crippen LogP contribution in [0.3, 0.4) is 0 Å². The number of aliphatic hydroxyl groups is 1. The predicted octanol–water partition coefficient (Wildman–Crippen LogP) is 2.65. The van der Waals surface area contributed by atoms with E-state index in [9.17, 15) is 4.79 Å². The highest BCUT2D eigenvalue weighted by molar-refractivity contribution is 9.11. The van der Waals surface area contributed by atoms with Crippen molar-refractivity contribution in [3.05, 3.63) is 20.8 Å². The summed E-state index contributed by atoms with van der Waals surface area (Å²) in [5, 5.41) is 13.5. The molecule has 0 saturated carbocycles. The van der Waals surface area contributed by atoms with Gasteiger partial charge >= 0.3 is 0 Å². The van der Waals surface area contributed by atoms with Gasteiger partial charge in [-0.25, -0.2) is 0 Å². The van der Waals surface area contributed by atoms with E-state index in [4.69, 9.17) is 5.11 Å². The lowest BCUT2D eigenvalue weighted by molar-refractivity contribution is 0.0944. The second-order valence-electron chi connectivity index (χ2n) is 3.64. The van der Waals surface area contributed by atoms with Crippen molar-refractivity contribution in [3.63, 3.8) is 0 Å². The first-order valence-electron chi connectivity index (χ1n) is 5.30. The summed E-state index contributed by atoms with van der Waals surface area (Å²) in [4.78, 5) is 11.7. The number of halogens is 1. The SMILES string of the molecule is CCC(CCO)CNC(=O)c1csc(Br)c1. The molecule has 1 amide bonds. The van der Waals surface area contributed by atoms with Crippen LogP contribution in [0.5, 0.6) is 0 Å². The second kappa shape index (κ2) is 7.04. The van der Waals surface area contributed by atoms with Gasteiger partial charge in [0.15, 0.2) is 0 Å². The van der Waals surface area contributed by atoms with E-state index in [1.165, 1.54) is 11.3 Å². The molecule has 0 radical (unpaired) electrons. The summed E-state index contributed by atoms with van der Waals surface area (Å²) in [6.07, 6.45) is 1.71. The van der Waals surface area contributed by atoms with Crippen molar-refractivity contribution in [3.8, 4) is 0 Å². The highest BCUT2D eigenvalue weighted by atomic mass is 79.9. The van der Waals surface area contributed by atoms with Gasteiger partial charge in [-0.05, 0) is 34.3 Å². The molecule has 0 aromatic carbocycles. The Balaban J connectivity index is 2.40. The summed E-state index contributed by atoms with van der Waals surface area (Å²) in [6.45, 7) is 2.87. The Kier molecular flexibility index (Phi) is 6.01. The average Bonchev–Trinajstić information content (AvgIpc) is 2.70. The van der Waals surface area contributed by atoms with Crippen molar-refractivity contribution in [1.29, 1.82) is 0 Å². The number of carbonyl (C=O) groups is 1. The van der Waals surface area contributed by atoms with Gasteiger partial charge < -0.3 is 10.4 Å². The van der Waals surface area contributed by atoms with Gasteiger partial charge in [-0.15, -0.1) is 11.3 Å². The number of hydrogen-bond donors (Lipinski definition) is 2. The monoisotopic (exact) mass is 305 g/mol. The smallest absolute Gasteiger partial charge is 0.252 e. The molecule has 0 spiro atoms. The summed E-state index contributed by atoms with van der Waals surface area (Å²) in [5.74, 6) is 0.314. The molecule has 2 N–H and O–H groups in total. The van der Waals surface area contributed by atoms with Crippen LogP contribution in [0, 0.1) is 5.92 Å². The third-order valence-corrected chi connectivity index (χ3v) is 4.00. The lowest BCUT2D eigenvalue weighted by Gasteiger charge is -2.13. The standard InChI is InChI=1S/C11H16BrNO2S/c1-2-8(3-4-14)6-13-11(15)9-5-10(12)16-7-9/h5,7-8,14H,2-4,6H2,1H3,(H,13,15). The molecule has 0 aliphatic rings. The molecule has 16 heavy (non-hydrogen) atoms. The minimum Gasteiger partial charge on any atom is -0.396 e. The first-order chi connectivity index (χ1) is 7.67. The quantitative estimate of drug-likeness (QED) is 0.849. The Morgan fingerprint density at radius 2 is 2.44 bits per heavy atom. The van der Waals surface area contributed by atoms with E-state index in [0.717, 1.165) is 16.6 Å². The Morgan fingerprint density at radius 1 is 1.69 bits per heavy atom. The second-order valence-corrected chi connectivity index (χ2v) is 5.93. The zero-order valence-electron chi connectivity index (χ0n) is 9.20. The van der Waals surface area contributed by atoms with Crippen molar-refractivity contribution in [2.24, 2.45) is 5.92 Å². The first kappa shape index (κ1) is 13.7. The number of amides is 1. The number of aliphatic hydroxyl groups excluding tert-OH is 1. The number of thiophene rings is 1. The van der Waals surface area contributed by atoms with Crippen molar-refractivity contribution in [2.75, 3.05) is 13.2 Å². The highest BCUT2D eigenvalue weighted by Crippen LogP contribution is 2.20. The number of carbonyl (C=O) groups excluding carboxylic acids is 1. The van der Waals surface area contributed by atoms with Gasteiger partial charge in [0.2, 0.25) is 0 Å². The molecule has 0 bridgehead atoms. The summed E-state index contributed by atoms with van der Waals surface area (Å²) in [6, 6.07) is 1.81. The van der Waals surface area contributed by atoms with Crippen LogP contribution in [-0.2, 0) is 0 Å². The Morgan fingerprint density at radius 3 is 2.94 bits per heavy atom. The maximum Gasteiger partial charge on any atom is 0.252 e. The number of rotatable bonds is 6. The van der Waals surface area contributed by atoms with Crippen molar-refractivity contribution in [1.82, 2.24) is 5.32 Å². The fourth-order valence-corrected chi connectivity index (χ4v) is 2.54. The van der Waals surface area contributed by atoms with E-state index >= 15 is 0 Å². The van der Waals surface area contributed by atoms with Crippen molar-refractivity contribution >= 4 is 33.2 Å². The molecule has 1 unspecified atom stereocenters. The predicted molar refractivity (Wildman–Crippen MR) is 69.8 cm³/mol. The summed E-state index contributed by atoms with van der Waals surface area (Å²) in [5.41, 5.74) is 0.690. The molecule has 90 valence electrons. The number of hydrogen-bond acceptors (Lipinski definition) is 3. The minimum atomic E-state index is -0.0432. The molecule has 5 heteroatoms. The molecular formula is C11H16BrNO2S. The molecule has 1 aromatic heterocycles. The van der Waals surface area contributed by atoms with Gasteiger partial charge in [-0.3, -0.25) is 4.79 Å². The molecule has 1 aromatic rings. The van der Waals surface area contributed by atoms with Gasteiger partial charge in [0, 0.05) is 18.5 Å². The van der Waals surface area contributed by atoms with Crippen LogP contribution in [0.25, 0.3) is 0 Å². The molecule has 1 rings (SSSR count). The van der Waals surface area contributed by atoms with Gasteiger partial charge in [0.05, 0.1) is 9.35 Å². The van der Waals surface area contributed by atoms with E-state index in [-0.39, 0.29) is 12.5 Å². The van der Waals surface area contributed by atoms with Gasteiger partial charge in [-0.1, -0.05) is 13.3 Å². The lowest BCUT2D eigenvalue weighted by Crippen LogP contribution is -2.29. The van der Waals surface area contributed by atoms with Crippen LogP contribution < -0.4 is 5.32 Å². The van der Waals surface area contributed by atoms with Crippen molar-refractivity contribution < 1.29 is 9.90 Å². The van der Waals surface area contributed by atoms with E-state index in [0.29, 0.717) is 18.0 Å². The van der Waals surface area contributed by atoms with E-state index < -0.39 is 0 Å². The molecule has 1 atom stereocenters. The summed E-state index contributed by atoms with van der Waals surface area (Å²) in [7, 11) is 0. The molecule has 3 nitrogen and oxygen atoms in total. The zero-order chi connectivity index (χ0) is 12.0. The van der Waals surface area contributed by atoms with E-state index in [1.807, 2.05) is 11.4 Å². The molecule has 0 aliphatic carbocycles. The first-order valence-corrected chi connectivity index (χ1v) is 6.97. The highest BCUT2D eigenvalue weighted by Gasteiger charge is 2.10. The van der Waals surface area contributed by atoms with Crippen LogP contribution in [-0.4, -0.2) is 24.2 Å². The van der Waals surface area contributed by atoms with E-state index in [2.05, 4.69) is 28.2 Å². The Bertz CT molecular complexity index is 340. The maximum absolute atomic E-state index is 11.7. The van der Waals surface area contributed by atoms with Crippen LogP contribution in [0.15, 0.2) is 15.2 Å². The summed E-state index contributed by atoms with van der Waals surface area (Å²) >= 11 is 4.82. The fourth-order valence-electron chi connectivity index (χ4n) is 1.40. The number of nitrogens with one attached hydrogen (secondary N) is 1. The molecule has 0 fully saturated rings. The van der Waals surface area contributed by atoms with Crippen LogP contribution in [0.4, 0.5) is 0 Å². The van der Waals surface area contributed by atoms with Crippen LogP contribution >= 0.6 is 27.3 Å². The average molecular weight is 306 g/mol. The van der Waals surface area contributed by atoms with E-state index in [1.54, 1.807) is 0 Å². The zero-order valence-corrected chi connectivity index (χ0v) is 11.6. The fraction of sp³-hybridized carbons (Fsp3) is 0.545. The van der Waals surface area contributed by atoms with Gasteiger partial charge in [0.25, 0.3) is 5.91 Å². The molecule has 1 heterocycles. The largest absolute Gasteiger partial charge is 0.396 e. The third kappa shape index (κ3) is 4.23. The lowest BCUT2D eigenvalue weighted by atomic mass is 10.0. The Labute approximate surface area is 108 Å². The molecule has 0 aliphatic heterocycles. The molecular weight excluding hydrogens is 290 g/mol. The maximum atomic E-state index is 11.7. The third-order valence-electron chi connectivity index (χ3n) is 2.50. The normalized spacial score (nSPS) is 12.4. The van der Waals surface area contributed by atoms with Gasteiger partial charge in [0.1, 0.15) is 0 Å². The van der Waals surface area contributed by atoms with Gasteiger partial charge in [-0.2, -0.15) is 0 Å². The summed E-state index contributed by atoms with van der Waals surface area (Å²) < 4.78 is 0.958. The van der Waals surface area contributed by atoms with Crippen molar-refractivity contribution in [2.45, 2.75) is 19.8 Å².